The van der Waals surface area contributed by atoms with E-state index in [0.29, 0.717) is 22.7 Å². The monoisotopic (exact) mass is 323 g/mol. The number of nitrogens with one attached hydrogen (secondary N) is 1. The van der Waals surface area contributed by atoms with Crippen molar-refractivity contribution in [3.05, 3.63) is 35.5 Å². The van der Waals surface area contributed by atoms with E-state index in [4.69, 9.17) is 4.52 Å². The van der Waals surface area contributed by atoms with Gasteiger partial charge in [-0.05, 0) is 68.5 Å². The Labute approximate surface area is 134 Å². The van der Waals surface area contributed by atoms with E-state index in [0.717, 1.165) is 31.0 Å². The highest BCUT2D eigenvalue weighted by Crippen LogP contribution is 2.63. The summed E-state index contributed by atoms with van der Waals surface area (Å²) in [4.78, 5) is 4.54. The second kappa shape index (κ2) is 5.63. The maximum atomic E-state index is 13.3. The van der Waals surface area contributed by atoms with Crippen molar-refractivity contribution in [2.24, 2.45) is 5.41 Å². The van der Waals surface area contributed by atoms with Crippen molar-refractivity contribution in [3.63, 3.8) is 0 Å². The van der Waals surface area contributed by atoms with E-state index in [1.165, 1.54) is 18.9 Å². The van der Waals surface area contributed by atoms with Gasteiger partial charge in [-0.3, -0.25) is 0 Å². The van der Waals surface area contributed by atoms with Gasteiger partial charge in [0.1, 0.15) is 5.82 Å². The minimum absolute atomic E-state index is 0. The van der Waals surface area contributed by atoms with Gasteiger partial charge >= 0.3 is 0 Å². The van der Waals surface area contributed by atoms with Gasteiger partial charge in [0.15, 0.2) is 0 Å². The third-order valence-electron chi connectivity index (χ3n) is 4.95. The van der Waals surface area contributed by atoms with E-state index in [2.05, 4.69) is 15.5 Å². The summed E-state index contributed by atoms with van der Waals surface area (Å²) in [5, 5.41) is 7.47. The summed E-state index contributed by atoms with van der Waals surface area (Å²) in [7, 11) is 0. The number of rotatable bonds is 2. The van der Waals surface area contributed by atoms with Crippen LogP contribution >= 0.6 is 12.4 Å². The third kappa shape index (κ3) is 2.52. The number of hydrogen-bond acceptors (Lipinski definition) is 4. The molecule has 1 aromatic carbocycles. The first-order chi connectivity index (χ1) is 10.2. The average molecular weight is 324 g/mol. The zero-order valence-electron chi connectivity index (χ0n) is 12.4. The summed E-state index contributed by atoms with van der Waals surface area (Å²) < 4.78 is 18.8. The molecule has 1 atom stereocenters. The van der Waals surface area contributed by atoms with Crippen LogP contribution in [0.1, 0.15) is 36.6 Å². The summed E-state index contributed by atoms with van der Waals surface area (Å²) in [6, 6.07) is 4.91. The van der Waals surface area contributed by atoms with Crippen LogP contribution in [0.4, 0.5) is 4.39 Å². The zero-order chi connectivity index (χ0) is 14.4. The molecular formula is C16H19ClFN3O. The Morgan fingerprint density at radius 3 is 2.82 bits per heavy atom. The van der Waals surface area contributed by atoms with Crippen LogP contribution in [0.3, 0.4) is 0 Å². The van der Waals surface area contributed by atoms with Gasteiger partial charge in [0.25, 0.3) is 0 Å². The molecule has 1 N–H and O–H groups in total. The van der Waals surface area contributed by atoms with Crippen LogP contribution in [-0.4, -0.2) is 23.2 Å². The zero-order valence-corrected chi connectivity index (χ0v) is 13.3. The molecule has 2 aliphatic rings. The highest BCUT2D eigenvalue weighted by molar-refractivity contribution is 5.85. The van der Waals surface area contributed by atoms with Gasteiger partial charge in [0.05, 0.1) is 0 Å². The van der Waals surface area contributed by atoms with Crippen LogP contribution in [0.15, 0.2) is 22.7 Å². The van der Waals surface area contributed by atoms with Gasteiger partial charge in [-0.1, -0.05) is 5.16 Å². The Kier molecular flexibility index (Phi) is 3.95. The Morgan fingerprint density at radius 2 is 2.09 bits per heavy atom. The third-order valence-corrected chi connectivity index (χ3v) is 4.95. The van der Waals surface area contributed by atoms with E-state index < -0.39 is 0 Å². The van der Waals surface area contributed by atoms with Gasteiger partial charge < -0.3 is 9.84 Å². The summed E-state index contributed by atoms with van der Waals surface area (Å²) in [5.74, 6) is 1.50. The number of halogens is 2. The Balaban J connectivity index is 0.00000144. The molecule has 6 heteroatoms. The first kappa shape index (κ1) is 15.4. The van der Waals surface area contributed by atoms with E-state index in [9.17, 15) is 4.39 Å². The molecular weight excluding hydrogens is 305 g/mol. The molecule has 1 saturated carbocycles. The normalized spacial score (nSPS) is 22.4. The van der Waals surface area contributed by atoms with Crippen molar-refractivity contribution >= 4 is 12.4 Å². The molecule has 1 aliphatic carbocycles. The first-order valence-electron chi connectivity index (χ1n) is 7.49. The van der Waals surface area contributed by atoms with Gasteiger partial charge in [0.2, 0.25) is 11.7 Å². The maximum Gasteiger partial charge on any atom is 0.230 e. The maximum absolute atomic E-state index is 13.3. The lowest BCUT2D eigenvalue weighted by Gasteiger charge is -2.22. The highest BCUT2D eigenvalue weighted by atomic mass is 35.5. The van der Waals surface area contributed by atoms with Crippen LogP contribution in [-0.2, 0) is 0 Å². The Morgan fingerprint density at radius 1 is 1.32 bits per heavy atom. The summed E-state index contributed by atoms with van der Waals surface area (Å²) in [6.45, 7) is 3.90. The molecule has 2 aromatic rings. The van der Waals surface area contributed by atoms with Crippen LogP contribution in [0.5, 0.6) is 0 Å². The fraction of sp³-hybridized carbons (Fsp3) is 0.500. The van der Waals surface area contributed by atoms with Crippen molar-refractivity contribution in [2.75, 3.05) is 13.1 Å². The van der Waals surface area contributed by atoms with Gasteiger partial charge in [-0.25, -0.2) is 4.39 Å². The lowest BCUT2D eigenvalue weighted by Crippen LogP contribution is -2.29. The first-order valence-corrected chi connectivity index (χ1v) is 7.49. The second-order valence-corrected chi connectivity index (χ2v) is 6.29. The molecule has 0 bridgehead atoms. The molecule has 1 aromatic heterocycles. The van der Waals surface area contributed by atoms with Gasteiger partial charge in [-0.15, -0.1) is 12.4 Å². The predicted molar refractivity (Wildman–Crippen MR) is 83.6 cm³/mol. The number of aromatic nitrogens is 2. The topological polar surface area (TPSA) is 51.0 Å². The Bertz CT molecular complexity index is 682. The molecule has 2 heterocycles. The molecule has 1 saturated heterocycles. The molecule has 4 nitrogen and oxygen atoms in total. The summed E-state index contributed by atoms with van der Waals surface area (Å²) >= 11 is 0. The highest BCUT2D eigenvalue weighted by Gasteiger charge is 2.57. The largest absolute Gasteiger partial charge is 0.339 e. The molecule has 118 valence electrons. The Hall–Kier alpha value is -1.46. The van der Waals surface area contributed by atoms with E-state index >= 15 is 0 Å². The summed E-state index contributed by atoms with van der Waals surface area (Å²) in [6.07, 6.45) is 3.52. The quantitative estimate of drug-likeness (QED) is 0.919. The standard InChI is InChI=1S/C16H18FN3O.ClH/c1-10-8-11(2-3-13(10)17)14-19-15(21-20-14)12-9-16(12)4-6-18-7-5-16;/h2-3,8,12,18H,4-7,9H2,1H3;1H. The van der Waals surface area contributed by atoms with Crippen LogP contribution in [0.25, 0.3) is 11.4 Å². The summed E-state index contributed by atoms with van der Waals surface area (Å²) in [5.41, 5.74) is 1.79. The van der Waals surface area contributed by atoms with Gasteiger partial charge in [-0.2, -0.15) is 4.98 Å². The fourth-order valence-electron chi connectivity index (χ4n) is 3.45. The SMILES string of the molecule is Cc1cc(-c2noc(C3CC34CCNCC4)n2)ccc1F.Cl. The predicted octanol–water partition coefficient (Wildman–Crippen LogP) is 3.46. The number of piperidine rings is 1. The van der Waals surface area contributed by atoms with Crippen LogP contribution < -0.4 is 5.32 Å². The van der Waals surface area contributed by atoms with Crippen molar-refractivity contribution in [1.29, 1.82) is 0 Å². The number of hydrogen-bond donors (Lipinski definition) is 1. The van der Waals surface area contributed by atoms with Crippen LogP contribution in [0.2, 0.25) is 0 Å². The minimum Gasteiger partial charge on any atom is -0.339 e. The molecule has 1 spiro atoms. The number of nitrogens with zero attached hydrogens (tertiary/aromatic N) is 2. The van der Waals surface area contributed by atoms with E-state index in [-0.39, 0.29) is 18.2 Å². The lowest BCUT2D eigenvalue weighted by atomic mass is 9.92. The van der Waals surface area contributed by atoms with Crippen LogP contribution in [0, 0.1) is 18.2 Å². The molecule has 1 aliphatic heterocycles. The molecule has 1 unspecified atom stereocenters. The smallest absolute Gasteiger partial charge is 0.230 e. The molecule has 2 fully saturated rings. The van der Waals surface area contributed by atoms with Gasteiger partial charge in [0, 0.05) is 11.5 Å². The molecule has 0 amide bonds. The van der Waals surface area contributed by atoms with E-state index in [1.807, 2.05) is 0 Å². The van der Waals surface area contributed by atoms with Crippen molar-refractivity contribution in [1.82, 2.24) is 15.5 Å². The fourth-order valence-corrected chi connectivity index (χ4v) is 3.45. The van der Waals surface area contributed by atoms with E-state index in [1.54, 1.807) is 19.1 Å². The minimum atomic E-state index is -0.210. The lowest BCUT2D eigenvalue weighted by molar-refractivity contribution is 0.311. The molecule has 22 heavy (non-hydrogen) atoms. The molecule has 4 rings (SSSR count). The van der Waals surface area contributed by atoms with Crippen molar-refractivity contribution < 1.29 is 8.91 Å². The number of aryl methyl sites for hydroxylation is 1. The van der Waals surface area contributed by atoms with Crippen molar-refractivity contribution in [2.45, 2.75) is 32.1 Å². The van der Waals surface area contributed by atoms with Crippen molar-refractivity contribution in [3.8, 4) is 11.4 Å². The molecule has 0 radical (unpaired) electrons. The average Bonchev–Trinajstić information content (AvgIpc) is 2.98. The second-order valence-electron chi connectivity index (χ2n) is 6.29. The number of benzene rings is 1.